The van der Waals surface area contributed by atoms with Crippen molar-refractivity contribution in [3.8, 4) is 55.6 Å². The molecule has 10 aromatic rings. The first kappa shape index (κ1) is 41.4. The summed E-state index contributed by atoms with van der Waals surface area (Å²) in [6.45, 7) is 0. The molecule has 68 heavy (non-hydrogen) atoms. The molecule has 0 N–H and O–H groups in total. The first-order valence-corrected chi connectivity index (χ1v) is 24.4. The van der Waals surface area contributed by atoms with Gasteiger partial charge < -0.3 is 4.90 Å². The molecule has 1 fully saturated rings. The van der Waals surface area contributed by atoms with E-state index in [1.54, 1.807) is 0 Å². The molecule has 2 aliphatic carbocycles. The Labute approximate surface area is 401 Å². The molecule has 0 unspecified atom stereocenters. The van der Waals surface area contributed by atoms with E-state index in [0.29, 0.717) is 5.92 Å². The minimum absolute atomic E-state index is 0.507. The van der Waals surface area contributed by atoms with Crippen LogP contribution in [0.2, 0.25) is 0 Å². The van der Waals surface area contributed by atoms with Crippen LogP contribution in [0.4, 0.5) is 17.1 Å². The lowest BCUT2D eigenvalue weighted by Gasteiger charge is -2.35. The van der Waals surface area contributed by atoms with Crippen LogP contribution in [0.3, 0.4) is 0 Å². The Hall–Kier alpha value is -8.00. The second-order valence-corrected chi connectivity index (χ2v) is 18.6. The van der Waals surface area contributed by atoms with E-state index < -0.39 is 5.41 Å². The van der Waals surface area contributed by atoms with Crippen molar-refractivity contribution in [3.63, 3.8) is 0 Å². The fourth-order valence-corrected chi connectivity index (χ4v) is 11.6. The summed E-state index contributed by atoms with van der Waals surface area (Å²) in [7, 11) is 0. The monoisotopic (exact) mass is 871 g/mol. The van der Waals surface area contributed by atoms with Crippen molar-refractivity contribution in [2.45, 2.75) is 43.4 Å². The van der Waals surface area contributed by atoms with Crippen LogP contribution >= 0.6 is 0 Å². The zero-order valence-corrected chi connectivity index (χ0v) is 38.3. The zero-order valence-electron chi connectivity index (χ0n) is 38.3. The second kappa shape index (κ2) is 18.0. The van der Waals surface area contributed by atoms with Crippen molar-refractivity contribution in [2.75, 3.05) is 4.90 Å². The highest BCUT2D eigenvalue weighted by Gasteiger charge is 2.46. The number of hydrogen-bond acceptors (Lipinski definition) is 1. The largest absolute Gasteiger partial charge is 0.310 e. The maximum Gasteiger partial charge on any atom is 0.0714 e. The summed E-state index contributed by atoms with van der Waals surface area (Å²) < 4.78 is 0. The van der Waals surface area contributed by atoms with E-state index in [1.165, 1.54) is 116 Å². The van der Waals surface area contributed by atoms with Gasteiger partial charge in [0, 0.05) is 17.1 Å². The maximum atomic E-state index is 2.47. The molecule has 2 aliphatic rings. The maximum absolute atomic E-state index is 2.47. The van der Waals surface area contributed by atoms with Crippen LogP contribution in [0.25, 0.3) is 55.6 Å². The lowest BCUT2D eigenvalue weighted by atomic mass is 9.67. The number of fused-ring (bicyclic) bond motifs is 3. The van der Waals surface area contributed by atoms with Gasteiger partial charge in [-0.1, -0.05) is 238 Å². The van der Waals surface area contributed by atoms with Gasteiger partial charge in [0.05, 0.1) is 5.41 Å². The van der Waals surface area contributed by atoms with E-state index >= 15 is 0 Å². The Kier molecular flexibility index (Phi) is 11.0. The molecule has 326 valence electrons. The van der Waals surface area contributed by atoms with Gasteiger partial charge in [-0.2, -0.15) is 0 Å². The van der Waals surface area contributed by atoms with Crippen LogP contribution in [0.15, 0.2) is 255 Å². The third-order valence-corrected chi connectivity index (χ3v) is 14.8. The van der Waals surface area contributed by atoms with Crippen LogP contribution in [-0.2, 0) is 5.41 Å². The van der Waals surface area contributed by atoms with Gasteiger partial charge in [0.1, 0.15) is 0 Å². The lowest BCUT2D eigenvalue weighted by Crippen LogP contribution is -2.28. The smallest absolute Gasteiger partial charge is 0.0714 e. The molecule has 0 bridgehead atoms. The lowest BCUT2D eigenvalue weighted by molar-refractivity contribution is 0.443. The minimum atomic E-state index is -0.507. The van der Waals surface area contributed by atoms with Crippen LogP contribution in [-0.4, -0.2) is 0 Å². The zero-order chi connectivity index (χ0) is 45.3. The summed E-state index contributed by atoms with van der Waals surface area (Å²) in [6, 6.07) is 94.5. The van der Waals surface area contributed by atoms with Crippen molar-refractivity contribution in [2.24, 2.45) is 0 Å². The van der Waals surface area contributed by atoms with E-state index in [4.69, 9.17) is 0 Å². The Morgan fingerprint density at radius 2 is 0.706 bits per heavy atom. The molecule has 0 aromatic heterocycles. The SMILES string of the molecule is c1ccc(-c2ccccc2-c2ccccc2-c2ccc(N(c3ccc(-c4ccc(C5CCCCC5)cc4)cc3)c3ccc4c(c3)C(c3ccccc3)(c3ccccc3)c3ccccc3-4)cc2)cc1. The van der Waals surface area contributed by atoms with Crippen LogP contribution in [0.1, 0.15) is 65.8 Å². The van der Waals surface area contributed by atoms with Gasteiger partial charge in [-0.15, -0.1) is 0 Å². The molecule has 1 saturated carbocycles. The molecule has 0 radical (unpaired) electrons. The fraction of sp³-hybridized carbons (Fsp3) is 0.104. The average Bonchev–Trinajstić information content (AvgIpc) is 3.73. The predicted molar refractivity (Wildman–Crippen MR) is 286 cm³/mol. The average molecular weight is 872 g/mol. The van der Waals surface area contributed by atoms with Gasteiger partial charge >= 0.3 is 0 Å². The number of rotatable bonds is 10. The molecule has 12 rings (SSSR count). The van der Waals surface area contributed by atoms with Crippen molar-refractivity contribution in [1.29, 1.82) is 0 Å². The predicted octanol–water partition coefficient (Wildman–Crippen LogP) is 18.2. The first-order chi connectivity index (χ1) is 33.7. The van der Waals surface area contributed by atoms with E-state index in [9.17, 15) is 0 Å². The highest BCUT2D eigenvalue weighted by atomic mass is 15.1. The highest BCUT2D eigenvalue weighted by molar-refractivity contribution is 5.93. The van der Waals surface area contributed by atoms with Gasteiger partial charge in [-0.05, 0) is 139 Å². The topological polar surface area (TPSA) is 3.24 Å². The Balaban J connectivity index is 0.989. The van der Waals surface area contributed by atoms with Crippen LogP contribution in [0.5, 0.6) is 0 Å². The molecule has 0 spiro atoms. The first-order valence-electron chi connectivity index (χ1n) is 24.4. The van der Waals surface area contributed by atoms with Crippen LogP contribution < -0.4 is 4.90 Å². The molecule has 0 atom stereocenters. The van der Waals surface area contributed by atoms with Gasteiger partial charge in [-0.3, -0.25) is 0 Å². The summed E-state index contributed by atoms with van der Waals surface area (Å²) in [5, 5.41) is 0. The Morgan fingerprint density at radius 3 is 1.26 bits per heavy atom. The van der Waals surface area contributed by atoms with Crippen molar-refractivity contribution in [3.05, 3.63) is 283 Å². The Morgan fingerprint density at radius 1 is 0.294 bits per heavy atom. The third-order valence-electron chi connectivity index (χ3n) is 14.8. The molecule has 10 aromatic carbocycles. The normalized spacial score (nSPS) is 13.9. The molecule has 0 aliphatic heterocycles. The van der Waals surface area contributed by atoms with Gasteiger partial charge in [0.25, 0.3) is 0 Å². The molecular weight excluding hydrogens is 819 g/mol. The van der Waals surface area contributed by atoms with Gasteiger partial charge in [0.15, 0.2) is 0 Å². The standard InChI is InChI=1S/C67H53N/c1-5-19-48(20-6-1)49-33-35-50(36-34-49)51-37-41-56(42-38-51)68(57-43-39-53(40-44-57)60-28-14-16-30-62(60)61-29-15-13-27-59(61)52-21-7-2-8-22-52)58-45-46-64-63-31-17-18-32-65(63)67(66(64)47-58,54-23-9-3-10-24-54)55-25-11-4-12-26-55/h2-4,7-18,21-48H,1,5-6,19-20H2. The number of benzene rings is 10. The van der Waals surface area contributed by atoms with Gasteiger partial charge in [0.2, 0.25) is 0 Å². The van der Waals surface area contributed by atoms with E-state index in [2.05, 4.69) is 260 Å². The second-order valence-electron chi connectivity index (χ2n) is 18.6. The molecular formula is C67H53N. The fourth-order valence-electron chi connectivity index (χ4n) is 11.6. The van der Waals surface area contributed by atoms with Crippen molar-refractivity contribution < 1.29 is 0 Å². The van der Waals surface area contributed by atoms with E-state index in [1.807, 2.05) is 0 Å². The molecule has 0 heterocycles. The summed E-state index contributed by atoms with van der Waals surface area (Å²) in [4.78, 5) is 2.44. The number of nitrogens with zero attached hydrogens (tertiary/aromatic N) is 1. The number of hydrogen-bond donors (Lipinski definition) is 0. The highest BCUT2D eigenvalue weighted by Crippen LogP contribution is 2.57. The van der Waals surface area contributed by atoms with Crippen molar-refractivity contribution >= 4 is 17.1 Å². The minimum Gasteiger partial charge on any atom is -0.310 e. The molecule has 0 amide bonds. The summed E-state index contributed by atoms with van der Waals surface area (Å²) in [6.07, 6.45) is 6.69. The Bertz CT molecular complexity index is 3290. The molecule has 1 nitrogen and oxygen atoms in total. The van der Waals surface area contributed by atoms with E-state index in [-0.39, 0.29) is 0 Å². The summed E-state index contributed by atoms with van der Waals surface area (Å²) in [5.74, 6) is 0.696. The summed E-state index contributed by atoms with van der Waals surface area (Å²) >= 11 is 0. The molecule has 0 saturated heterocycles. The van der Waals surface area contributed by atoms with E-state index in [0.717, 1.165) is 17.1 Å². The van der Waals surface area contributed by atoms with Gasteiger partial charge in [-0.25, -0.2) is 0 Å². The quantitative estimate of drug-likeness (QED) is 0.132. The molecule has 1 heteroatoms. The number of anilines is 3. The summed E-state index contributed by atoms with van der Waals surface area (Å²) in [5.41, 5.74) is 21.7. The third kappa shape index (κ3) is 7.36. The van der Waals surface area contributed by atoms with Crippen molar-refractivity contribution in [1.82, 2.24) is 0 Å². The van der Waals surface area contributed by atoms with Crippen LogP contribution in [0, 0.1) is 0 Å².